The third kappa shape index (κ3) is 2.36. The Labute approximate surface area is 112 Å². The Morgan fingerprint density at radius 1 is 1.42 bits per heavy atom. The molecule has 0 saturated carbocycles. The van der Waals surface area contributed by atoms with Gasteiger partial charge in [0.25, 0.3) is 5.91 Å². The van der Waals surface area contributed by atoms with Gasteiger partial charge in [-0.1, -0.05) is 6.07 Å². The first-order valence-corrected chi connectivity index (χ1v) is 6.67. The number of carbonyl (C=O) groups is 1. The van der Waals surface area contributed by atoms with Crippen molar-refractivity contribution in [3.63, 3.8) is 0 Å². The lowest BCUT2D eigenvalue weighted by molar-refractivity contribution is 0.0269. The summed E-state index contributed by atoms with van der Waals surface area (Å²) in [7, 11) is 1.71. The van der Waals surface area contributed by atoms with Gasteiger partial charge in [-0.15, -0.1) is 0 Å². The maximum Gasteiger partial charge on any atom is 0.254 e. The molecule has 0 bridgehead atoms. The average molecular weight is 258 g/mol. The topological polar surface area (TPSA) is 45.3 Å². The number of amides is 1. The van der Waals surface area contributed by atoms with Crippen molar-refractivity contribution in [1.82, 2.24) is 9.88 Å². The lowest BCUT2D eigenvalue weighted by Gasteiger charge is -2.32. The zero-order valence-corrected chi connectivity index (χ0v) is 11.1. The molecule has 1 atom stereocenters. The summed E-state index contributed by atoms with van der Waals surface area (Å²) in [6.45, 7) is 1.51. The smallest absolute Gasteiger partial charge is 0.254 e. The van der Waals surface area contributed by atoms with Crippen LogP contribution in [0.25, 0.3) is 10.9 Å². The summed E-state index contributed by atoms with van der Waals surface area (Å²) in [5.74, 6) is 0.0956. The zero-order chi connectivity index (χ0) is 13.2. The predicted molar refractivity (Wildman–Crippen MR) is 74.2 cm³/mol. The van der Waals surface area contributed by atoms with E-state index in [1.807, 2.05) is 35.4 Å². The molecule has 4 heteroatoms. The molecule has 3 rings (SSSR count). The summed E-state index contributed by atoms with van der Waals surface area (Å²) in [4.78, 5) is 17.5. The number of ether oxygens (including phenoxy) is 1. The van der Waals surface area contributed by atoms with Crippen LogP contribution >= 0.6 is 0 Å². The minimum atomic E-state index is 0.0956. The monoisotopic (exact) mass is 258 g/mol. The number of aromatic nitrogens is 1. The largest absolute Gasteiger partial charge is 0.380 e. The Balaban J connectivity index is 1.82. The van der Waals surface area contributed by atoms with Crippen LogP contribution in [-0.4, -0.2) is 42.1 Å². The van der Waals surface area contributed by atoms with Gasteiger partial charge in [-0.2, -0.15) is 0 Å². The van der Waals surface area contributed by atoms with E-state index in [1.165, 1.54) is 0 Å². The highest BCUT2D eigenvalue weighted by Gasteiger charge is 2.24. The van der Waals surface area contributed by atoms with Gasteiger partial charge in [-0.3, -0.25) is 4.79 Å². The van der Waals surface area contributed by atoms with Gasteiger partial charge in [0.15, 0.2) is 0 Å². The SMILES string of the molecule is CO[C@@H]1CCCN(C(=O)c2ccc3cc[nH]c3c2)C1. The molecule has 0 spiro atoms. The van der Waals surface area contributed by atoms with Gasteiger partial charge in [0, 0.05) is 37.5 Å². The predicted octanol–water partition coefficient (Wildman–Crippen LogP) is 2.42. The van der Waals surface area contributed by atoms with Crippen molar-refractivity contribution < 1.29 is 9.53 Å². The molecule has 4 nitrogen and oxygen atoms in total. The number of methoxy groups -OCH3 is 1. The molecule has 1 N–H and O–H groups in total. The number of hydrogen-bond donors (Lipinski definition) is 1. The third-order valence-electron chi connectivity index (χ3n) is 3.80. The van der Waals surface area contributed by atoms with Crippen LogP contribution in [0.5, 0.6) is 0 Å². The highest BCUT2D eigenvalue weighted by Crippen LogP contribution is 2.19. The van der Waals surface area contributed by atoms with Crippen molar-refractivity contribution in [2.24, 2.45) is 0 Å². The maximum atomic E-state index is 12.5. The maximum absolute atomic E-state index is 12.5. The number of piperidine rings is 1. The first-order chi connectivity index (χ1) is 9.28. The fraction of sp³-hybridized carbons (Fsp3) is 0.400. The summed E-state index contributed by atoms with van der Waals surface area (Å²) >= 11 is 0. The van der Waals surface area contributed by atoms with Crippen LogP contribution in [0.15, 0.2) is 30.5 Å². The van der Waals surface area contributed by atoms with E-state index < -0.39 is 0 Å². The Hall–Kier alpha value is -1.81. The number of fused-ring (bicyclic) bond motifs is 1. The molecule has 1 aliphatic heterocycles. The molecule has 1 aromatic heterocycles. The van der Waals surface area contributed by atoms with E-state index in [1.54, 1.807) is 7.11 Å². The van der Waals surface area contributed by atoms with E-state index in [-0.39, 0.29) is 12.0 Å². The van der Waals surface area contributed by atoms with E-state index in [9.17, 15) is 4.79 Å². The van der Waals surface area contributed by atoms with Gasteiger partial charge in [0.2, 0.25) is 0 Å². The number of benzene rings is 1. The first-order valence-electron chi connectivity index (χ1n) is 6.67. The van der Waals surface area contributed by atoms with E-state index in [2.05, 4.69) is 4.98 Å². The molecule has 0 radical (unpaired) electrons. The van der Waals surface area contributed by atoms with Crippen LogP contribution in [0.3, 0.4) is 0 Å². The highest BCUT2D eigenvalue weighted by molar-refractivity contribution is 5.98. The number of likely N-dealkylation sites (tertiary alicyclic amines) is 1. The third-order valence-corrected chi connectivity index (χ3v) is 3.80. The Bertz CT molecular complexity index is 591. The standard InChI is InChI=1S/C15H18N2O2/c1-19-13-3-2-8-17(10-13)15(18)12-5-4-11-6-7-16-14(11)9-12/h4-7,9,13,16H,2-3,8,10H2,1H3/t13-/m1/s1. The van der Waals surface area contributed by atoms with Crippen LogP contribution in [0.2, 0.25) is 0 Å². The number of nitrogens with zero attached hydrogens (tertiary/aromatic N) is 1. The fourth-order valence-corrected chi connectivity index (χ4v) is 2.68. The normalized spacial score (nSPS) is 19.8. The van der Waals surface area contributed by atoms with Gasteiger partial charge in [0.05, 0.1) is 6.10 Å². The molecule has 1 aliphatic rings. The number of H-pyrrole nitrogens is 1. The van der Waals surface area contributed by atoms with Crippen molar-refractivity contribution in [3.8, 4) is 0 Å². The minimum absolute atomic E-state index is 0.0956. The fourth-order valence-electron chi connectivity index (χ4n) is 2.68. The highest BCUT2D eigenvalue weighted by atomic mass is 16.5. The lowest BCUT2D eigenvalue weighted by atomic mass is 10.1. The van der Waals surface area contributed by atoms with Gasteiger partial charge >= 0.3 is 0 Å². The molecular weight excluding hydrogens is 240 g/mol. The molecule has 2 heterocycles. The molecule has 2 aromatic rings. The molecule has 1 fully saturated rings. The Morgan fingerprint density at radius 3 is 3.16 bits per heavy atom. The van der Waals surface area contributed by atoms with Crippen molar-refractivity contribution in [2.45, 2.75) is 18.9 Å². The summed E-state index contributed by atoms with van der Waals surface area (Å²) < 4.78 is 5.37. The summed E-state index contributed by atoms with van der Waals surface area (Å²) in [5, 5.41) is 1.13. The van der Waals surface area contributed by atoms with Crippen LogP contribution in [-0.2, 0) is 4.74 Å². The molecule has 0 aliphatic carbocycles. The molecule has 1 aromatic carbocycles. The number of rotatable bonds is 2. The first kappa shape index (κ1) is 12.2. The van der Waals surface area contributed by atoms with Crippen molar-refractivity contribution in [1.29, 1.82) is 0 Å². The quantitative estimate of drug-likeness (QED) is 0.899. The van der Waals surface area contributed by atoms with Crippen LogP contribution in [0.4, 0.5) is 0 Å². The second-order valence-electron chi connectivity index (χ2n) is 5.03. The van der Waals surface area contributed by atoms with Gasteiger partial charge in [-0.25, -0.2) is 0 Å². The molecular formula is C15H18N2O2. The van der Waals surface area contributed by atoms with Crippen LogP contribution < -0.4 is 0 Å². The number of nitrogens with one attached hydrogen (secondary N) is 1. The Kier molecular flexibility index (Phi) is 3.25. The van der Waals surface area contributed by atoms with E-state index >= 15 is 0 Å². The molecule has 19 heavy (non-hydrogen) atoms. The van der Waals surface area contributed by atoms with Crippen LogP contribution in [0, 0.1) is 0 Å². The second-order valence-corrected chi connectivity index (χ2v) is 5.03. The molecule has 1 amide bonds. The van der Waals surface area contributed by atoms with Crippen molar-refractivity contribution in [2.75, 3.05) is 20.2 Å². The van der Waals surface area contributed by atoms with Gasteiger partial charge in [0.1, 0.15) is 0 Å². The molecule has 1 saturated heterocycles. The van der Waals surface area contributed by atoms with E-state index in [0.29, 0.717) is 6.54 Å². The van der Waals surface area contributed by atoms with E-state index in [4.69, 9.17) is 4.74 Å². The minimum Gasteiger partial charge on any atom is -0.380 e. The Morgan fingerprint density at radius 2 is 2.32 bits per heavy atom. The average Bonchev–Trinajstić information content (AvgIpc) is 2.94. The van der Waals surface area contributed by atoms with Crippen molar-refractivity contribution in [3.05, 3.63) is 36.0 Å². The van der Waals surface area contributed by atoms with E-state index in [0.717, 1.165) is 35.9 Å². The number of hydrogen-bond acceptors (Lipinski definition) is 2. The summed E-state index contributed by atoms with van der Waals surface area (Å²) in [6.07, 6.45) is 4.11. The summed E-state index contributed by atoms with van der Waals surface area (Å²) in [6, 6.07) is 7.81. The molecule has 100 valence electrons. The summed E-state index contributed by atoms with van der Waals surface area (Å²) in [5.41, 5.74) is 1.75. The molecule has 0 unspecified atom stereocenters. The number of carbonyl (C=O) groups excluding carboxylic acids is 1. The van der Waals surface area contributed by atoms with Crippen LogP contribution in [0.1, 0.15) is 23.2 Å². The van der Waals surface area contributed by atoms with Gasteiger partial charge < -0.3 is 14.6 Å². The second kappa shape index (κ2) is 5.05. The van der Waals surface area contributed by atoms with Crippen molar-refractivity contribution >= 4 is 16.8 Å². The zero-order valence-electron chi connectivity index (χ0n) is 11.1. The lowest BCUT2D eigenvalue weighted by Crippen LogP contribution is -2.42. The van der Waals surface area contributed by atoms with Gasteiger partial charge in [-0.05, 0) is 36.4 Å². The number of aromatic amines is 1.